The van der Waals surface area contributed by atoms with Crippen LogP contribution in [-0.4, -0.2) is 79.3 Å². The summed E-state index contributed by atoms with van der Waals surface area (Å²) in [5, 5.41) is 16.5. The SMILES string of the molecule is CNC(=O)CCN1c2cc(Nc3nc(N4C[C@@H](CCN)C(F)(F)[C@@H](C)C4)ncc3Cl)ccc2N(C)C(=O)C1O. The second kappa shape index (κ2) is 11.4. The molecular formula is C25H33ClF2N8O3. The van der Waals surface area contributed by atoms with Crippen LogP contribution in [0.1, 0.15) is 19.8 Å². The molecule has 14 heteroatoms. The summed E-state index contributed by atoms with van der Waals surface area (Å²) in [4.78, 5) is 37.7. The largest absolute Gasteiger partial charge is 0.365 e. The molecule has 3 atom stereocenters. The summed E-state index contributed by atoms with van der Waals surface area (Å²) in [5.41, 5.74) is 7.21. The molecule has 4 rings (SSSR count). The van der Waals surface area contributed by atoms with Gasteiger partial charge in [-0.25, -0.2) is 13.8 Å². The van der Waals surface area contributed by atoms with Gasteiger partial charge < -0.3 is 36.2 Å². The lowest BCUT2D eigenvalue weighted by Gasteiger charge is -2.42. The molecule has 0 saturated carbocycles. The van der Waals surface area contributed by atoms with E-state index in [2.05, 4.69) is 20.6 Å². The van der Waals surface area contributed by atoms with Crippen LogP contribution < -0.4 is 31.1 Å². The summed E-state index contributed by atoms with van der Waals surface area (Å²) >= 11 is 6.39. The number of nitrogens with zero attached hydrogens (tertiary/aromatic N) is 5. The predicted molar refractivity (Wildman–Crippen MR) is 146 cm³/mol. The van der Waals surface area contributed by atoms with Crippen LogP contribution in [0.3, 0.4) is 0 Å². The Hall–Kier alpha value is -3.29. The van der Waals surface area contributed by atoms with Gasteiger partial charge in [-0.15, -0.1) is 0 Å². The third-order valence-electron chi connectivity index (χ3n) is 7.28. The second-order valence-electron chi connectivity index (χ2n) is 9.84. The van der Waals surface area contributed by atoms with Gasteiger partial charge in [-0.05, 0) is 31.2 Å². The highest BCUT2D eigenvalue weighted by Crippen LogP contribution is 2.41. The number of aliphatic hydroxyl groups excluding tert-OH is 1. The van der Waals surface area contributed by atoms with Crippen LogP contribution in [-0.2, 0) is 9.59 Å². The first-order valence-electron chi connectivity index (χ1n) is 12.7. The zero-order valence-corrected chi connectivity index (χ0v) is 22.8. The van der Waals surface area contributed by atoms with Crippen molar-refractivity contribution in [2.24, 2.45) is 17.6 Å². The number of aromatic nitrogens is 2. The highest BCUT2D eigenvalue weighted by Gasteiger charge is 2.49. The molecule has 2 aliphatic rings. The third kappa shape index (κ3) is 5.70. The molecule has 2 aromatic rings. The first-order valence-corrected chi connectivity index (χ1v) is 13.0. The topological polar surface area (TPSA) is 140 Å². The van der Waals surface area contributed by atoms with Crippen molar-refractivity contribution in [1.29, 1.82) is 0 Å². The average Bonchev–Trinajstić information content (AvgIpc) is 2.91. The molecule has 2 aliphatic heterocycles. The van der Waals surface area contributed by atoms with E-state index in [1.54, 1.807) is 30.1 Å². The zero-order chi connectivity index (χ0) is 28.5. The Labute approximate surface area is 230 Å². The van der Waals surface area contributed by atoms with Gasteiger partial charge >= 0.3 is 0 Å². The maximum absolute atomic E-state index is 14.7. The van der Waals surface area contributed by atoms with Crippen molar-refractivity contribution in [3.63, 3.8) is 0 Å². The fourth-order valence-corrected chi connectivity index (χ4v) is 5.10. The first kappa shape index (κ1) is 28.7. The van der Waals surface area contributed by atoms with E-state index >= 15 is 0 Å². The van der Waals surface area contributed by atoms with Gasteiger partial charge in [0.2, 0.25) is 18.1 Å². The molecule has 3 heterocycles. The number of fused-ring (bicyclic) bond motifs is 1. The number of rotatable bonds is 8. The Morgan fingerprint density at radius 1 is 1.31 bits per heavy atom. The minimum absolute atomic E-state index is 0.0625. The van der Waals surface area contributed by atoms with Gasteiger partial charge in [0, 0.05) is 57.7 Å². The van der Waals surface area contributed by atoms with Gasteiger partial charge in [0.15, 0.2) is 5.82 Å². The van der Waals surface area contributed by atoms with E-state index in [1.807, 2.05) is 0 Å². The lowest BCUT2D eigenvalue weighted by atomic mass is 9.84. The molecule has 1 unspecified atom stereocenters. The number of carbonyl (C=O) groups excluding carboxylic acids is 2. The van der Waals surface area contributed by atoms with Crippen LogP contribution in [0.4, 0.5) is 37.6 Å². The summed E-state index contributed by atoms with van der Waals surface area (Å²) in [5.74, 6) is -4.89. The van der Waals surface area contributed by atoms with Crippen molar-refractivity contribution in [3.8, 4) is 0 Å². The number of halogens is 3. The maximum Gasteiger partial charge on any atom is 0.276 e. The van der Waals surface area contributed by atoms with Crippen molar-refractivity contribution < 1.29 is 23.5 Å². The Morgan fingerprint density at radius 3 is 2.74 bits per heavy atom. The highest BCUT2D eigenvalue weighted by molar-refractivity contribution is 6.32. The molecular weight excluding hydrogens is 534 g/mol. The van der Waals surface area contributed by atoms with Gasteiger partial charge in [0.1, 0.15) is 5.02 Å². The van der Waals surface area contributed by atoms with Crippen molar-refractivity contribution >= 4 is 52.2 Å². The summed E-state index contributed by atoms with van der Waals surface area (Å²) < 4.78 is 29.4. The molecule has 212 valence electrons. The number of hydrogen-bond acceptors (Lipinski definition) is 9. The van der Waals surface area contributed by atoms with Crippen LogP contribution in [0.5, 0.6) is 0 Å². The van der Waals surface area contributed by atoms with E-state index in [-0.39, 0.29) is 61.7 Å². The van der Waals surface area contributed by atoms with E-state index in [9.17, 15) is 23.5 Å². The number of hydrogen-bond donors (Lipinski definition) is 4. The summed E-state index contributed by atoms with van der Waals surface area (Å²) in [7, 11) is 3.07. The minimum Gasteiger partial charge on any atom is -0.365 e. The van der Waals surface area contributed by atoms with Crippen molar-refractivity contribution in [2.45, 2.75) is 31.9 Å². The summed E-state index contributed by atoms with van der Waals surface area (Å²) in [6.07, 6.45) is 0.200. The third-order valence-corrected chi connectivity index (χ3v) is 7.56. The smallest absolute Gasteiger partial charge is 0.276 e. The fraction of sp³-hybridized carbons (Fsp3) is 0.520. The van der Waals surface area contributed by atoms with E-state index in [1.165, 1.54) is 30.0 Å². The Bertz CT molecular complexity index is 1240. The molecule has 5 N–H and O–H groups in total. The molecule has 0 spiro atoms. The molecule has 2 amide bonds. The van der Waals surface area contributed by atoms with Crippen molar-refractivity contribution in [3.05, 3.63) is 29.4 Å². The number of likely N-dealkylation sites (N-methyl/N-ethyl adjacent to an activating group) is 1. The standard InChI is InChI=1S/C25H33ClF2N8O3/c1-14-12-35(13-15(6-8-29)25(14,27)28)24-31-11-17(26)21(33-24)32-16-4-5-18-19(10-16)36(9-7-20(37)30-2)23(39)22(38)34(18)3/h4-5,10-11,14-15,23,39H,6-9,12-13,29H2,1-3H3,(H,30,37)(H,31,32,33)/t14-,15+,23?/m0/s1. The maximum atomic E-state index is 14.7. The molecule has 0 radical (unpaired) electrons. The zero-order valence-electron chi connectivity index (χ0n) is 22.0. The van der Waals surface area contributed by atoms with Crippen LogP contribution in [0.25, 0.3) is 0 Å². The molecule has 0 bridgehead atoms. The Morgan fingerprint density at radius 2 is 2.05 bits per heavy atom. The van der Waals surface area contributed by atoms with Crippen molar-refractivity contribution in [2.75, 3.05) is 60.3 Å². The van der Waals surface area contributed by atoms with Crippen LogP contribution in [0.15, 0.2) is 24.4 Å². The lowest BCUT2D eigenvalue weighted by molar-refractivity contribution is -0.127. The van der Waals surface area contributed by atoms with Gasteiger partial charge in [-0.2, -0.15) is 4.98 Å². The predicted octanol–water partition coefficient (Wildman–Crippen LogP) is 2.17. The number of aliphatic hydroxyl groups is 1. The van der Waals surface area contributed by atoms with E-state index in [4.69, 9.17) is 17.3 Å². The normalized spacial score (nSPS) is 22.5. The quantitative estimate of drug-likeness (QED) is 0.378. The monoisotopic (exact) mass is 566 g/mol. The van der Waals surface area contributed by atoms with Crippen LogP contribution in [0.2, 0.25) is 5.02 Å². The minimum atomic E-state index is -2.84. The van der Waals surface area contributed by atoms with Gasteiger partial charge in [-0.1, -0.05) is 18.5 Å². The Balaban J connectivity index is 1.61. The van der Waals surface area contributed by atoms with Crippen molar-refractivity contribution in [1.82, 2.24) is 15.3 Å². The lowest BCUT2D eigenvalue weighted by Crippen LogP contribution is -2.53. The molecule has 1 aromatic heterocycles. The number of alkyl halides is 2. The number of piperidine rings is 1. The number of anilines is 5. The van der Waals surface area contributed by atoms with Gasteiger partial charge in [-0.3, -0.25) is 9.59 Å². The number of nitrogens with one attached hydrogen (secondary N) is 2. The molecule has 0 aliphatic carbocycles. The average molecular weight is 567 g/mol. The van der Waals surface area contributed by atoms with Gasteiger partial charge in [0.05, 0.1) is 17.6 Å². The molecule has 1 fully saturated rings. The molecule has 39 heavy (non-hydrogen) atoms. The Kier molecular flexibility index (Phi) is 8.42. The van der Waals surface area contributed by atoms with Crippen LogP contribution in [0, 0.1) is 11.8 Å². The highest BCUT2D eigenvalue weighted by atomic mass is 35.5. The second-order valence-corrected chi connectivity index (χ2v) is 10.2. The van der Waals surface area contributed by atoms with Crippen LogP contribution >= 0.6 is 11.6 Å². The number of carbonyl (C=O) groups is 2. The first-order chi connectivity index (χ1) is 18.5. The number of amides is 2. The fourth-order valence-electron chi connectivity index (χ4n) is 4.96. The number of benzene rings is 1. The van der Waals surface area contributed by atoms with Gasteiger partial charge in [0.25, 0.3) is 11.8 Å². The molecule has 1 aromatic carbocycles. The molecule has 1 saturated heterocycles. The van der Waals surface area contributed by atoms with E-state index < -0.39 is 29.9 Å². The van der Waals surface area contributed by atoms with E-state index in [0.717, 1.165) is 0 Å². The van der Waals surface area contributed by atoms with E-state index in [0.29, 0.717) is 17.1 Å². The molecule has 11 nitrogen and oxygen atoms in total. The summed E-state index contributed by atoms with van der Waals surface area (Å²) in [6, 6.07) is 5.14. The summed E-state index contributed by atoms with van der Waals surface area (Å²) in [6.45, 7) is 1.91. The number of nitrogens with two attached hydrogens (primary N) is 1.